The first-order chi connectivity index (χ1) is 16.4. The lowest BCUT2D eigenvalue weighted by Crippen LogP contribution is -2.14. The molecule has 196 valence electrons. The smallest absolute Gasteiger partial charge is 0.00260 e. The van der Waals surface area contributed by atoms with Gasteiger partial charge in [0, 0.05) is 0 Å². The summed E-state index contributed by atoms with van der Waals surface area (Å²) >= 11 is 0. The van der Waals surface area contributed by atoms with E-state index in [1.807, 2.05) is 0 Å². The highest BCUT2D eigenvalue weighted by Crippen LogP contribution is 2.46. The van der Waals surface area contributed by atoms with Gasteiger partial charge in [-0.15, -0.1) is 0 Å². The Kier molecular flexibility index (Phi) is 6.08. The van der Waals surface area contributed by atoms with E-state index < -0.39 is 0 Å². The van der Waals surface area contributed by atoms with Crippen molar-refractivity contribution in [3.63, 3.8) is 0 Å². The lowest BCUT2D eigenvalue weighted by molar-refractivity contribution is 0.589. The third-order valence-electron chi connectivity index (χ3n) is 8.14. The molecule has 0 aromatic heterocycles. The lowest BCUT2D eigenvalue weighted by Gasteiger charge is -2.28. The van der Waals surface area contributed by atoms with Crippen molar-refractivity contribution in [2.45, 2.75) is 112 Å². The van der Waals surface area contributed by atoms with E-state index in [1.165, 1.54) is 65.3 Å². The summed E-state index contributed by atoms with van der Waals surface area (Å²) in [7, 11) is 0. The van der Waals surface area contributed by atoms with Gasteiger partial charge < -0.3 is 0 Å². The molecule has 0 saturated heterocycles. The Morgan fingerprint density at radius 2 is 0.514 bits per heavy atom. The standard InChI is InChI=1S/C36H44.CH4/c1-33(2,3)23-13-21-14-24(34(4,5)6)19-29-30-20-26(36(10,11)12)16-22-15-25(35(7,8)9)18-28(32(22)30)27(17-23)31(21)29;/h13-20H,1-12H3;1H4. The van der Waals surface area contributed by atoms with E-state index in [4.69, 9.17) is 0 Å². The summed E-state index contributed by atoms with van der Waals surface area (Å²) in [6, 6.07) is 19.8. The quantitative estimate of drug-likeness (QED) is 0.149. The average Bonchev–Trinajstić information content (AvgIpc) is 2.73. The van der Waals surface area contributed by atoms with Crippen LogP contribution in [0.5, 0.6) is 0 Å². The number of hydrogen-bond donors (Lipinski definition) is 0. The molecule has 0 aliphatic rings. The summed E-state index contributed by atoms with van der Waals surface area (Å²) in [5.41, 5.74) is 5.97. The van der Waals surface area contributed by atoms with Crippen molar-refractivity contribution in [2.24, 2.45) is 0 Å². The maximum atomic E-state index is 2.49. The molecular formula is C37H48. The number of benzene rings is 5. The van der Waals surface area contributed by atoms with Crippen LogP contribution in [-0.4, -0.2) is 0 Å². The zero-order valence-electron chi connectivity index (χ0n) is 24.6. The summed E-state index contributed by atoms with van der Waals surface area (Å²) in [5.74, 6) is 0. The van der Waals surface area contributed by atoms with E-state index in [0.29, 0.717) is 0 Å². The monoisotopic (exact) mass is 492 g/mol. The Morgan fingerprint density at radius 3 is 0.676 bits per heavy atom. The van der Waals surface area contributed by atoms with E-state index in [1.54, 1.807) is 0 Å². The SMILES string of the molecule is C.CC(C)(C)c1cc2cc(C(C)(C)C)cc3c4cc(C(C)(C)C)cc5cc(C(C)(C)C)cc(c(c1)c23)c54. The second kappa shape index (κ2) is 8.20. The van der Waals surface area contributed by atoms with Crippen LogP contribution in [0, 0.1) is 0 Å². The van der Waals surface area contributed by atoms with Crippen molar-refractivity contribution in [1.29, 1.82) is 0 Å². The van der Waals surface area contributed by atoms with Crippen LogP contribution < -0.4 is 0 Å². The Balaban J connectivity index is 0.00000320. The Bertz CT molecular complexity index is 1390. The zero-order valence-corrected chi connectivity index (χ0v) is 24.6. The molecule has 5 aromatic rings. The van der Waals surface area contributed by atoms with Gasteiger partial charge in [0.25, 0.3) is 0 Å². The van der Waals surface area contributed by atoms with E-state index >= 15 is 0 Å². The number of fused-ring (bicyclic) bond motifs is 2. The Hall–Kier alpha value is -2.60. The maximum absolute atomic E-state index is 2.49. The zero-order chi connectivity index (χ0) is 26.6. The minimum Gasteiger partial charge on any atom is -0.0776 e. The van der Waals surface area contributed by atoms with Crippen LogP contribution in [0.25, 0.3) is 43.1 Å². The molecule has 5 rings (SSSR count). The first kappa shape index (κ1) is 27.4. The molecule has 0 spiro atoms. The molecule has 0 aliphatic heterocycles. The molecule has 0 heteroatoms. The van der Waals surface area contributed by atoms with Gasteiger partial charge in [0.05, 0.1) is 0 Å². The first-order valence-electron chi connectivity index (χ1n) is 13.6. The Labute approximate surface area is 225 Å². The Morgan fingerprint density at radius 1 is 0.324 bits per heavy atom. The molecule has 37 heavy (non-hydrogen) atoms. The first-order valence-corrected chi connectivity index (χ1v) is 13.6. The average molecular weight is 493 g/mol. The molecule has 0 saturated carbocycles. The van der Waals surface area contributed by atoms with Crippen LogP contribution in [0.15, 0.2) is 48.5 Å². The van der Waals surface area contributed by atoms with Crippen molar-refractivity contribution in [3.05, 3.63) is 70.8 Å². The summed E-state index contributed by atoms with van der Waals surface area (Å²) in [6.45, 7) is 28.0. The van der Waals surface area contributed by atoms with E-state index in [0.717, 1.165) is 0 Å². The molecule has 0 nitrogen and oxygen atoms in total. The third kappa shape index (κ3) is 4.52. The van der Waals surface area contributed by atoms with Gasteiger partial charge in [0.15, 0.2) is 0 Å². The van der Waals surface area contributed by atoms with Gasteiger partial charge in [0.1, 0.15) is 0 Å². The fourth-order valence-corrected chi connectivity index (χ4v) is 5.61. The molecule has 0 radical (unpaired) electrons. The highest BCUT2D eigenvalue weighted by Gasteiger charge is 2.25. The van der Waals surface area contributed by atoms with Gasteiger partial charge in [-0.1, -0.05) is 115 Å². The largest absolute Gasteiger partial charge is 0.0776 e. The number of hydrogen-bond acceptors (Lipinski definition) is 0. The van der Waals surface area contributed by atoms with Crippen molar-refractivity contribution >= 4 is 43.1 Å². The van der Waals surface area contributed by atoms with Gasteiger partial charge in [-0.3, -0.25) is 0 Å². The summed E-state index contributed by atoms with van der Waals surface area (Å²) < 4.78 is 0. The summed E-state index contributed by atoms with van der Waals surface area (Å²) in [5, 5.41) is 11.2. The van der Waals surface area contributed by atoms with Crippen molar-refractivity contribution in [1.82, 2.24) is 0 Å². The predicted octanol–water partition coefficient (Wildman–Crippen LogP) is 11.6. The van der Waals surface area contributed by atoms with E-state index in [9.17, 15) is 0 Å². The normalized spacial score (nSPS) is 13.7. The van der Waals surface area contributed by atoms with Crippen molar-refractivity contribution in [3.8, 4) is 0 Å². The van der Waals surface area contributed by atoms with Crippen LogP contribution in [-0.2, 0) is 21.7 Å². The summed E-state index contributed by atoms with van der Waals surface area (Å²) in [4.78, 5) is 0. The van der Waals surface area contributed by atoms with Gasteiger partial charge >= 0.3 is 0 Å². The molecule has 0 unspecified atom stereocenters. The molecule has 0 fully saturated rings. The van der Waals surface area contributed by atoms with Gasteiger partial charge in [-0.25, -0.2) is 0 Å². The van der Waals surface area contributed by atoms with Gasteiger partial charge in [0.2, 0.25) is 0 Å². The van der Waals surface area contributed by atoms with Crippen LogP contribution in [0.1, 0.15) is 113 Å². The minimum atomic E-state index is 0. The van der Waals surface area contributed by atoms with E-state index in [-0.39, 0.29) is 29.1 Å². The number of rotatable bonds is 0. The second-order valence-corrected chi connectivity index (χ2v) is 15.3. The van der Waals surface area contributed by atoms with Crippen molar-refractivity contribution < 1.29 is 0 Å². The van der Waals surface area contributed by atoms with Crippen LogP contribution in [0.3, 0.4) is 0 Å². The van der Waals surface area contributed by atoms with Gasteiger partial charge in [-0.05, 0) is 111 Å². The predicted molar refractivity (Wildman–Crippen MR) is 169 cm³/mol. The molecule has 0 N–H and O–H groups in total. The highest BCUT2D eigenvalue weighted by molar-refractivity contribution is 6.33. The molecular weight excluding hydrogens is 444 g/mol. The molecule has 0 aliphatic carbocycles. The highest BCUT2D eigenvalue weighted by atomic mass is 14.3. The van der Waals surface area contributed by atoms with Crippen LogP contribution in [0.4, 0.5) is 0 Å². The summed E-state index contributed by atoms with van der Waals surface area (Å²) in [6.07, 6.45) is 0. The molecule has 0 amide bonds. The molecule has 0 heterocycles. The molecule has 0 atom stereocenters. The fraction of sp³-hybridized carbons (Fsp3) is 0.459. The maximum Gasteiger partial charge on any atom is -0.00260 e. The molecule has 0 bridgehead atoms. The minimum absolute atomic E-state index is 0. The lowest BCUT2D eigenvalue weighted by atomic mass is 9.76. The van der Waals surface area contributed by atoms with Gasteiger partial charge in [-0.2, -0.15) is 0 Å². The third-order valence-corrected chi connectivity index (χ3v) is 8.14. The van der Waals surface area contributed by atoms with Crippen LogP contribution in [0.2, 0.25) is 0 Å². The van der Waals surface area contributed by atoms with Crippen molar-refractivity contribution in [2.75, 3.05) is 0 Å². The second-order valence-electron chi connectivity index (χ2n) is 15.3. The molecule has 5 aromatic carbocycles. The van der Waals surface area contributed by atoms with E-state index in [2.05, 4.69) is 132 Å². The van der Waals surface area contributed by atoms with Crippen LogP contribution >= 0.6 is 0 Å². The topological polar surface area (TPSA) is 0 Å². The fourth-order valence-electron chi connectivity index (χ4n) is 5.61.